The van der Waals surface area contributed by atoms with Gasteiger partial charge in [0.15, 0.2) is 0 Å². The molecular weight excluding hydrogens is 556 g/mol. The molecule has 0 fully saturated rings. The Morgan fingerprint density at radius 1 is 0.283 bits per heavy atom. The van der Waals surface area contributed by atoms with Crippen LogP contribution >= 0.6 is 0 Å². The smallest absolute Gasteiger partial charge is 0.0494 e. The lowest BCUT2D eigenvalue weighted by molar-refractivity contribution is 0.869. The Kier molecular flexibility index (Phi) is 6.31. The summed E-state index contributed by atoms with van der Waals surface area (Å²) in [5.74, 6) is 0. The third-order valence-electron chi connectivity index (χ3n) is 9.44. The van der Waals surface area contributed by atoms with Gasteiger partial charge in [-0.15, -0.1) is 0 Å². The van der Waals surface area contributed by atoms with Crippen LogP contribution in [0.15, 0.2) is 170 Å². The van der Waals surface area contributed by atoms with Gasteiger partial charge >= 0.3 is 0 Å². The van der Waals surface area contributed by atoms with Gasteiger partial charge in [0.2, 0.25) is 0 Å². The molecule has 0 aliphatic carbocycles. The normalized spacial score (nSPS) is 11.7. The molecule has 46 heavy (non-hydrogen) atoms. The number of benzene rings is 7. The molecule has 9 aromatic rings. The molecule has 0 unspecified atom stereocenters. The molecule has 0 saturated carbocycles. The Morgan fingerprint density at radius 3 is 1.15 bits per heavy atom. The number of fused-ring (bicyclic) bond motifs is 6. The first-order valence-corrected chi connectivity index (χ1v) is 16.0. The Labute approximate surface area is 268 Å². The summed E-state index contributed by atoms with van der Waals surface area (Å²) >= 11 is 0. The standard InChI is InChI=1S/C44H32N2/c1-3-12-31(13-4-1)29-45-41-20-9-7-18-37(41)39-27-35(22-24-43(39)45)33-16-11-17-34(26-33)36-23-25-44-40(28-36)38-19-8-10-21-42(38)46(44)30-32-14-5-2-6-15-32/h1-28H,29-30H2. The molecule has 7 aromatic carbocycles. The van der Waals surface area contributed by atoms with Crippen LogP contribution in [0.5, 0.6) is 0 Å². The van der Waals surface area contributed by atoms with Crippen molar-refractivity contribution in [2.45, 2.75) is 13.1 Å². The lowest BCUT2D eigenvalue weighted by atomic mass is 9.97. The van der Waals surface area contributed by atoms with Crippen molar-refractivity contribution in [3.05, 3.63) is 181 Å². The van der Waals surface area contributed by atoms with Gasteiger partial charge in [0.1, 0.15) is 0 Å². The van der Waals surface area contributed by atoms with E-state index in [4.69, 9.17) is 0 Å². The van der Waals surface area contributed by atoms with Crippen LogP contribution in [0.25, 0.3) is 65.9 Å². The minimum Gasteiger partial charge on any atom is -0.336 e. The SMILES string of the molecule is c1ccc(Cn2c3ccccc3c3cc(-c4cccc(-c5ccc6c(c5)c5ccccc5n6Cc5ccccc5)c4)ccc32)cc1. The van der Waals surface area contributed by atoms with Gasteiger partial charge in [0, 0.05) is 56.7 Å². The molecular formula is C44H32N2. The Morgan fingerprint density at radius 2 is 0.674 bits per heavy atom. The summed E-state index contributed by atoms with van der Waals surface area (Å²) < 4.78 is 4.90. The highest BCUT2D eigenvalue weighted by Crippen LogP contribution is 2.36. The van der Waals surface area contributed by atoms with Crippen molar-refractivity contribution < 1.29 is 0 Å². The van der Waals surface area contributed by atoms with Crippen molar-refractivity contribution >= 4 is 43.6 Å². The van der Waals surface area contributed by atoms with Crippen molar-refractivity contribution in [3.63, 3.8) is 0 Å². The van der Waals surface area contributed by atoms with Gasteiger partial charge in [-0.2, -0.15) is 0 Å². The summed E-state index contributed by atoms with van der Waals surface area (Å²) in [7, 11) is 0. The summed E-state index contributed by atoms with van der Waals surface area (Å²) in [6, 6.07) is 61.9. The van der Waals surface area contributed by atoms with Crippen LogP contribution < -0.4 is 0 Å². The second-order valence-corrected chi connectivity index (χ2v) is 12.2. The zero-order chi connectivity index (χ0) is 30.5. The minimum absolute atomic E-state index is 0.851. The summed E-state index contributed by atoms with van der Waals surface area (Å²) in [5.41, 5.74) is 12.6. The lowest BCUT2D eigenvalue weighted by Crippen LogP contribution is -1.99. The van der Waals surface area contributed by atoms with E-state index in [1.54, 1.807) is 0 Å². The van der Waals surface area contributed by atoms with E-state index in [0.717, 1.165) is 13.1 Å². The van der Waals surface area contributed by atoms with Crippen molar-refractivity contribution in [3.8, 4) is 22.3 Å². The van der Waals surface area contributed by atoms with Gasteiger partial charge in [-0.3, -0.25) is 0 Å². The highest BCUT2D eigenvalue weighted by molar-refractivity contribution is 6.10. The van der Waals surface area contributed by atoms with Crippen LogP contribution in [0.1, 0.15) is 11.1 Å². The van der Waals surface area contributed by atoms with Crippen molar-refractivity contribution in [2.24, 2.45) is 0 Å². The predicted molar refractivity (Wildman–Crippen MR) is 194 cm³/mol. The molecule has 0 bridgehead atoms. The summed E-state index contributed by atoms with van der Waals surface area (Å²) in [5, 5.41) is 5.18. The first-order chi connectivity index (χ1) is 22.8. The van der Waals surface area contributed by atoms with Gasteiger partial charge in [0.25, 0.3) is 0 Å². The molecule has 0 aliphatic rings. The molecule has 0 N–H and O–H groups in total. The number of para-hydroxylation sites is 2. The fourth-order valence-corrected chi connectivity index (χ4v) is 7.22. The molecule has 0 spiro atoms. The second-order valence-electron chi connectivity index (χ2n) is 12.2. The number of rotatable bonds is 6. The van der Waals surface area contributed by atoms with Crippen LogP contribution in [0, 0.1) is 0 Å². The van der Waals surface area contributed by atoms with E-state index in [0.29, 0.717) is 0 Å². The molecule has 218 valence electrons. The third kappa shape index (κ3) is 4.50. The highest BCUT2D eigenvalue weighted by Gasteiger charge is 2.14. The van der Waals surface area contributed by atoms with E-state index in [1.165, 1.54) is 77.0 Å². The number of aromatic nitrogens is 2. The Hall–Kier alpha value is -5.86. The van der Waals surface area contributed by atoms with Crippen LogP contribution in [-0.2, 0) is 13.1 Å². The first kappa shape index (κ1) is 26.5. The van der Waals surface area contributed by atoms with E-state index in [9.17, 15) is 0 Å². The molecule has 0 aliphatic heterocycles. The van der Waals surface area contributed by atoms with Gasteiger partial charge in [-0.25, -0.2) is 0 Å². The molecule has 2 aromatic heterocycles. The van der Waals surface area contributed by atoms with Crippen molar-refractivity contribution in [1.29, 1.82) is 0 Å². The van der Waals surface area contributed by atoms with E-state index in [2.05, 4.69) is 179 Å². The second kappa shape index (κ2) is 10.9. The van der Waals surface area contributed by atoms with Gasteiger partial charge in [-0.05, 0) is 75.8 Å². The van der Waals surface area contributed by atoms with Crippen LogP contribution in [0.4, 0.5) is 0 Å². The average molecular weight is 589 g/mol. The summed E-state index contributed by atoms with van der Waals surface area (Å²) in [6.07, 6.45) is 0. The maximum Gasteiger partial charge on any atom is 0.0494 e. The topological polar surface area (TPSA) is 9.86 Å². The Bertz CT molecular complexity index is 2340. The monoisotopic (exact) mass is 588 g/mol. The summed E-state index contributed by atoms with van der Waals surface area (Å²) in [4.78, 5) is 0. The van der Waals surface area contributed by atoms with E-state index in [-0.39, 0.29) is 0 Å². The van der Waals surface area contributed by atoms with Crippen molar-refractivity contribution in [1.82, 2.24) is 9.13 Å². The third-order valence-corrected chi connectivity index (χ3v) is 9.44. The maximum atomic E-state index is 2.45. The molecule has 9 rings (SSSR count). The molecule has 2 heteroatoms. The first-order valence-electron chi connectivity index (χ1n) is 16.0. The van der Waals surface area contributed by atoms with E-state index < -0.39 is 0 Å². The van der Waals surface area contributed by atoms with Gasteiger partial charge < -0.3 is 9.13 Å². The fraction of sp³-hybridized carbons (Fsp3) is 0.0455. The van der Waals surface area contributed by atoms with Crippen LogP contribution in [0.2, 0.25) is 0 Å². The van der Waals surface area contributed by atoms with Crippen LogP contribution in [0.3, 0.4) is 0 Å². The predicted octanol–water partition coefficient (Wildman–Crippen LogP) is 11.3. The maximum absolute atomic E-state index is 2.45. The Balaban J connectivity index is 1.13. The minimum atomic E-state index is 0.851. The zero-order valence-corrected chi connectivity index (χ0v) is 25.5. The number of hydrogen-bond donors (Lipinski definition) is 0. The molecule has 2 heterocycles. The molecule has 0 radical (unpaired) electrons. The van der Waals surface area contributed by atoms with Gasteiger partial charge in [0.05, 0.1) is 0 Å². The average Bonchev–Trinajstić information content (AvgIpc) is 3.61. The lowest BCUT2D eigenvalue weighted by Gasteiger charge is -2.10. The number of nitrogens with zero attached hydrogens (tertiary/aromatic N) is 2. The molecule has 0 saturated heterocycles. The molecule has 0 atom stereocenters. The van der Waals surface area contributed by atoms with Crippen molar-refractivity contribution in [2.75, 3.05) is 0 Å². The highest BCUT2D eigenvalue weighted by atomic mass is 15.0. The fourth-order valence-electron chi connectivity index (χ4n) is 7.22. The molecule has 0 amide bonds. The number of hydrogen-bond acceptors (Lipinski definition) is 0. The van der Waals surface area contributed by atoms with Crippen LogP contribution in [-0.4, -0.2) is 9.13 Å². The molecule has 2 nitrogen and oxygen atoms in total. The largest absolute Gasteiger partial charge is 0.336 e. The zero-order valence-electron chi connectivity index (χ0n) is 25.5. The van der Waals surface area contributed by atoms with E-state index in [1.807, 2.05) is 0 Å². The van der Waals surface area contributed by atoms with Gasteiger partial charge in [-0.1, -0.05) is 127 Å². The quantitative estimate of drug-likeness (QED) is 0.183. The summed E-state index contributed by atoms with van der Waals surface area (Å²) in [6.45, 7) is 1.70. The van der Waals surface area contributed by atoms with E-state index >= 15 is 0 Å².